The third kappa shape index (κ3) is 4.60. The Balaban J connectivity index is 1.45. The van der Waals surface area contributed by atoms with Crippen LogP contribution < -0.4 is 10.1 Å². The maximum atomic E-state index is 12.0. The summed E-state index contributed by atoms with van der Waals surface area (Å²) in [6.45, 7) is 2.54. The molecule has 1 fully saturated rings. The Morgan fingerprint density at radius 1 is 1.25 bits per heavy atom. The first-order valence-corrected chi connectivity index (χ1v) is 8.68. The number of carbonyl (C=O) groups excluding carboxylic acids is 1. The number of hydrogen-bond acceptors (Lipinski definition) is 4. The zero-order valence-corrected chi connectivity index (χ0v) is 14.1. The van der Waals surface area contributed by atoms with Crippen LogP contribution in [-0.4, -0.2) is 17.7 Å². The van der Waals surface area contributed by atoms with Gasteiger partial charge in [-0.15, -0.1) is 0 Å². The van der Waals surface area contributed by atoms with Crippen molar-refractivity contribution in [2.75, 3.05) is 11.9 Å². The molecule has 24 heavy (non-hydrogen) atoms. The van der Waals surface area contributed by atoms with Gasteiger partial charge < -0.3 is 14.6 Å². The topological polar surface area (TPSA) is 64.4 Å². The fourth-order valence-electron chi connectivity index (χ4n) is 3.12. The second-order valence-corrected chi connectivity index (χ2v) is 6.45. The van der Waals surface area contributed by atoms with Crippen LogP contribution in [0.25, 0.3) is 0 Å². The number of anilines is 1. The van der Waals surface area contributed by atoms with Crippen molar-refractivity contribution in [3.63, 3.8) is 0 Å². The van der Waals surface area contributed by atoms with Crippen LogP contribution in [-0.2, 0) is 0 Å². The molecule has 1 aliphatic carbocycles. The van der Waals surface area contributed by atoms with Crippen LogP contribution in [0, 0.1) is 12.8 Å². The number of hydrogen-bond donors (Lipinski definition) is 1. The smallest absolute Gasteiger partial charge is 0.294 e. The third-order valence-electron chi connectivity index (χ3n) is 4.48. The van der Waals surface area contributed by atoms with Gasteiger partial charge in [0.1, 0.15) is 5.75 Å². The number of nitrogens with zero attached hydrogens (tertiary/aromatic N) is 1. The fourth-order valence-corrected chi connectivity index (χ4v) is 3.12. The molecule has 1 aromatic heterocycles. The summed E-state index contributed by atoms with van der Waals surface area (Å²) >= 11 is 0. The molecule has 3 rings (SSSR count). The van der Waals surface area contributed by atoms with Gasteiger partial charge in [0.25, 0.3) is 5.91 Å². The number of carbonyl (C=O) groups is 1. The molecule has 1 N–H and O–H groups in total. The quantitative estimate of drug-likeness (QED) is 0.842. The number of ether oxygens (including phenoxy) is 1. The van der Waals surface area contributed by atoms with Gasteiger partial charge in [-0.2, -0.15) is 0 Å². The van der Waals surface area contributed by atoms with Crippen molar-refractivity contribution in [1.29, 1.82) is 0 Å². The minimum absolute atomic E-state index is 0.209. The highest BCUT2D eigenvalue weighted by Crippen LogP contribution is 2.26. The lowest BCUT2D eigenvalue weighted by Crippen LogP contribution is -2.11. The van der Waals surface area contributed by atoms with E-state index in [0.29, 0.717) is 11.4 Å². The molecular formula is C19H24N2O3. The average molecular weight is 328 g/mol. The predicted molar refractivity (Wildman–Crippen MR) is 92.3 cm³/mol. The molecular weight excluding hydrogens is 304 g/mol. The van der Waals surface area contributed by atoms with E-state index in [4.69, 9.17) is 9.26 Å². The van der Waals surface area contributed by atoms with Gasteiger partial charge in [-0.1, -0.05) is 37.3 Å². The lowest BCUT2D eigenvalue weighted by atomic mass is 9.87. The van der Waals surface area contributed by atoms with Gasteiger partial charge in [0.2, 0.25) is 5.76 Å². The number of nitrogens with one attached hydrogen (secondary N) is 1. The van der Waals surface area contributed by atoms with E-state index in [-0.39, 0.29) is 11.7 Å². The molecule has 1 aromatic carbocycles. The molecule has 2 aromatic rings. The zero-order valence-electron chi connectivity index (χ0n) is 14.1. The average Bonchev–Trinajstić information content (AvgIpc) is 3.04. The normalized spacial score (nSPS) is 15.2. The first-order valence-electron chi connectivity index (χ1n) is 8.68. The molecule has 0 bridgehead atoms. The largest absolute Gasteiger partial charge is 0.494 e. The van der Waals surface area contributed by atoms with Gasteiger partial charge in [-0.3, -0.25) is 4.79 Å². The molecule has 1 aliphatic rings. The van der Waals surface area contributed by atoms with Crippen molar-refractivity contribution in [3.05, 3.63) is 41.8 Å². The van der Waals surface area contributed by atoms with Crippen molar-refractivity contribution in [3.8, 4) is 5.75 Å². The summed E-state index contributed by atoms with van der Waals surface area (Å²) in [5.41, 5.74) is 1.38. The zero-order chi connectivity index (χ0) is 16.8. The van der Waals surface area contributed by atoms with Gasteiger partial charge in [0, 0.05) is 11.8 Å². The minimum Gasteiger partial charge on any atom is -0.494 e. The van der Waals surface area contributed by atoms with Crippen LogP contribution in [0.2, 0.25) is 0 Å². The van der Waals surface area contributed by atoms with Crippen molar-refractivity contribution < 1.29 is 14.1 Å². The van der Waals surface area contributed by atoms with Crippen LogP contribution in [0.5, 0.6) is 5.75 Å². The Labute approximate surface area is 142 Å². The van der Waals surface area contributed by atoms with E-state index < -0.39 is 0 Å². The van der Waals surface area contributed by atoms with E-state index >= 15 is 0 Å². The van der Waals surface area contributed by atoms with Gasteiger partial charge in [-0.25, -0.2) is 0 Å². The Hall–Kier alpha value is -2.30. The van der Waals surface area contributed by atoms with E-state index in [1.807, 2.05) is 24.3 Å². The summed E-state index contributed by atoms with van der Waals surface area (Å²) in [5.74, 6) is 1.56. The highest BCUT2D eigenvalue weighted by Gasteiger charge is 2.13. The summed E-state index contributed by atoms with van der Waals surface area (Å²) < 4.78 is 10.8. The number of rotatable bonds is 6. The monoisotopic (exact) mass is 328 g/mol. The van der Waals surface area contributed by atoms with Crippen molar-refractivity contribution in [2.45, 2.75) is 45.4 Å². The maximum absolute atomic E-state index is 12.0. The van der Waals surface area contributed by atoms with Crippen LogP contribution in [0.15, 0.2) is 34.9 Å². The Morgan fingerprint density at radius 3 is 2.67 bits per heavy atom. The molecule has 0 spiro atoms. The minimum atomic E-state index is -0.304. The second kappa shape index (κ2) is 7.99. The molecule has 0 unspecified atom stereocenters. The van der Waals surface area contributed by atoms with Gasteiger partial charge in [-0.05, 0) is 43.5 Å². The molecule has 0 radical (unpaired) electrons. The van der Waals surface area contributed by atoms with E-state index in [0.717, 1.165) is 24.7 Å². The molecule has 1 saturated carbocycles. The molecule has 0 aliphatic heterocycles. The van der Waals surface area contributed by atoms with Crippen LogP contribution in [0.1, 0.15) is 54.8 Å². The summed E-state index contributed by atoms with van der Waals surface area (Å²) in [5, 5.41) is 6.49. The first-order chi connectivity index (χ1) is 11.7. The van der Waals surface area contributed by atoms with Gasteiger partial charge in [0.15, 0.2) is 0 Å². The number of amides is 1. The second-order valence-electron chi connectivity index (χ2n) is 6.45. The Morgan fingerprint density at radius 2 is 2.00 bits per heavy atom. The Bertz CT molecular complexity index is 658. The van der Waals surface area contributed by atoms with Gasteiger partial charge in [0.05, 0.1) is 12.3 Å². The van der Waals surface area contributed by atoms with E-state index in [2.05, 4.69) is 10.5 Å². The standard InChI is InChI=1S/C19H24N2O3/c1-14-13-18(24-21-14)19(22)20-16-7-9-17(10-8-16)23-12-11-15-5-3-2-4-6-15/h7-10,13,15H,2-6,11-12H2,1H3,(H,20,22). The van der Waals surface area contributed by atoms with Crippen LogP contribution in [0.4, 0.5) is 5.69 Å². The summed E-state index contributed by atoms with van der Waals surface area (Å²) in [4.78, 5) is 12.0. The summed E-state index contributed by atoms with van der Waals surface area (Å²) in [7, 11) is 0. The lowest BCUT2D eigenvalue weighted by molar-refractivity contribution is 0.0988. The molecule has 1 heterocycles. The molecule has 0 saturated heterocycles. The fraction of sp³-hybridized carbons (Fsp3) is 0.474. The Kier molecular flexibility index (Phi) is 5.51. The van der Waals surface area contributed by atoms with E-state index in [1.54, 1.807) is 13.0 Å². The first kappa shape index (κ1) is 16.6. The number of benzene rings is 1. The van der Waals surface area contributed by atoms with Crippen molar-refractivity contribution >= 4 is 11.6 Å². The molecule has 5 heteroatoms. The SMILES string of the molecule is Cc1cc(C(=O)Nc2ccc(OCCC3CCCCC3)cc2)on1. The molecule has 1 amide bonds. The van der Waals surface area contributed by atoms with Crippen molar-refractivity contribution in [1.82, 2.24) is 5.16 Å². The maximum Gasteiger partial charge on any atom is 0.294 e. The predicted octanol–water partition coefficient (Wildman–Crippen LogP) is 4.58. The van der Waals surface area contributed by atoms with E-state index in [1.165, 1.54) is 32.1 Å². The van der Waals surface area contributed by atoms with Gasteiger partial charge >= 0.3 is 0 Å². The van der Waals surface area contributed by atoms with Crippen molar-refractivity contribution in [2.24, 2.45) is 5.92 Å². The van der Waals surface area contributed by atoms with E-state index in [9.17, 15) is 4.79 Å². The van der Waals surface area contributed by atoms with Crippen LogP contribution >= 0.6 is 0 Å². The molecule has 5 nitrogen and oxygen atoms in total. The molecule has 0 atom stereocenters. The molecule has 128 valence electrons. The number of aryl methyl sites for hydroxylation is 1. The highest BCUT2D eigenvalue weighted by atomic mass is 16.5. The highest BCUT2D eigenvalue weighted by molar-refractivity contribution is 6.02. The summed E-state index contributed by atoms with van der Waals surface area (Å²) in [6.07, 6.45) is 7.93. The third-order valence-corrected chi connectivity index (χ3v) is 4.48. The van der Waals surface area contributed by atoms with Crippen LogP contribution in [0.3, 0.4) is 0 Å². The lowest BCUT2D eigenvalue weighted by Gasteiger charge is -2.21. The number of aromatic nitrogens is 1. The summed E-state index contributed by atoms with van der Waals surface area (Å²) in [6, 6.07) is 9.02.